The van der Waals surface area contributed by atoms with E-state index in [1.165, 1.54) is 16.7 Å². The van der Waals surface area contributed by atoms with Crippen molar-refractivity contribution >= 4 is 5.91 Å². The predicted molar refractivity (Wildman–Crippen MR) is 102 cm³/mol. The van der Waals surface area contributed by atoms with Gasteiger partial charge in [0.25, 0.3) is 0 Å². The molecular weight excluding hydrogens is 328 g/mol. The number of hydrogen-bond acceptors (Lipinski definition) is 4. The van der Waals surface area contributed by atoms with Crippen LogP contribution < -0.4 is 4.74 Å². The minimum atomic E-state index is 0.156. The zero-order chi connectivity index (χ0) is 18.7. The third-order valence-electron chi connectivity index (χ3n) is 6.25. The molecular formula is C21H32N2O3. The summed E-state index contributed by atoms with van der Waals surface area (Å²) in [4.78, 5) is 16.9. The van der Waals surface area contributed by atoms with Crippen molar-refractivity contribution in [2.45, 2.75) is 52.1 Å². The van der Waals surface area contributed by atoms with Gasteiger partial charge in [-0.25, -0.2) is 0 Å². The summed E-state index contributed by atoms with van der Waals surface area (Å²) in [6.07, 6.45) is 3.37. The molecule has 144 valence electrons. The SMILES string of the molecule is COc1ccc(CN2CC[C@H]3[C@H](CCC(=O)N3CCCO)C2)c(C)c1C. The predicted octanol–water partition coefficient (Wildman–Crippen LogP) is 2.51. The molecule has 3 rings (SSSR count). The normalized spacial score (nSPS) is 23.8. The van der Waals surface area contributed by atoms with Crippen LogP contribution in [0.15, 0.2) is 12.1 Å². The number of fused-ring (bicyclic) bond motifs is 1. The summed E-state index contributed by atoms with van der Waals surface area (Å²) in [7, 11) is 1.72. The minimum Gasteiger partial charge on any atom is -0.496 e. The first-order valence-corrected chi connectivity index (χ1v) is 9.81. The van der Waals surface area contributed by atoms with Crippen molar-refractivity contribution in [1.82, 2.24) is 9.80 Å². The van der Waals surface area contributed by atoms with E-state index < -0.39 is 0 Å². The monoisotopic (exact) mass is 360 g/mol. The van der Waals surface area contributed by atoms with E-state index in [0.29, 0.717) is 31.3 Å². The number of carbonyl (C=O) groups excluding carboxylic acids is 1. The number of benzene rings is 1. The Kier molecular flexibility index (Phi) is 6.20. The molecule has 5 heteroatoms. The van der Waals surface area contributed by atoms with Gasteiger partial charge in [0.05, 0.1) is 7.11 Å². The van der Waals surface area contributed by atoms with Gasteiger partial charge in [-0.05, 0) is 61.8 Å². The molecule has 0 unspecified atom stereocenters. The number of likely N-dealkylation sites (tertiary alicyclic amines) is 2. The van der Waals surface area contributed by atoms with E-state index in [2.05, 4.69) is 30.9 Å². The fourth-order valence-electron chi connectivity index (χ4n) is 4.59. The lowest BCUT2D eigenvalue weighted by Gasteiger charge is -2.47. The van der Waals surface area contributed by atoms with E-state index in [0.717, 1.165) is 38.2 Å². The zero-order valence-electron chi connectivity index (χ0n) is 16.3. The molecule has 2 aliphatic heterocycles. The van der Waals surface area contributed by atoms with Gasteiger partial charge in [-0.1, -0.05) is 6.07 Å². The van der Waals surface area contributed by atoms with Crippen LogP contribution in [0.1, 0.15) is 42.4 Å². The van der Waals surface area contributed by atoms with Crippen LogP contribution in [0.2, 0.25) is 0 Å². The summed E-state index contributed by atoms with van der Waals surface area (Å²) in [5, 5.41) is 9.12. The third kappa shape index (κ3) is 3.89. The van der Waals surface area contributed by atoms with Gasteiger partial charge >= 0.3 is 0 Å². The second kappa shape index (κ2) is 8.40. The Morgan fingerprint density at radius 2 is 2.04 bits per heavy atom. The lowest BCUT2D eigenvalue weighted by atomic mass is 9.83. The second-order valence-electron chi connectivity index (χ2n) is 7.73. The quantitative estimate of drug-likeness (QED) is 0.847. The van der Waals surface area contributed by atoms with Crippen LogP contribution in [0.5, 0.6) is 5.75 Å². The van der Waals surface area contributed by atoms with Crippen LogP contribution in [0.4, 0.5) is 0 Å². The van der Waals surface area contributed by atoms with E-state index in [4.69, 9.17) is 9.84 Å². The number of rotatable bonds is 6. The van der Waals surface area contributed by atoms with Gasteiger partial charge in [0, 0.05) is 45.2 Å². The van der Waals surface area contributed by atoms with E-state index in [1.807, 2.05) is 4.90 Å². The van der Waals surface area contributed by atoms with Gasteiger partial charge < -0.3 is 14.7 Å². The standard InChI is InChI=1S/C21H32N2O3/c1-15-16(2)20(26-3)7-5-17(15)13-22-11-9-19-18(14-22)6-8-21(25)23(19)10-4-12-24/h5,7,18-19,24H,4,6,8-14H2,1-3H3/t18-,19+/m1/s1. The number of methoxy groups -OCH3 is 1. The molecule has 0 spiro atoms. The van der Waals surface area contributed by atoms with Crippen molar-refractivity contribution in [3.8, 4) is 5.75 Å². The van der Waals surface area contributed by atoms with Crippen molar-refractivity contribution in [3.63, 3.8) is 0 Å². The highest BCUT2D eigenvalue weighted by atomic mass is 16.5. The van der Waals surface area contributed by atoms with Gasteiger partial charge in [0.1, 0.15) is 5.75 Å². The summed E-state index contributed by atoms with van der Waals surface area (Å²) in [5.41, 5.74) is 3.90. The van der Waals surface area contributed by atoms with Crippen molar-refractivity contribution in [3.05, 3.63) is 28.8 Å². The highest BCUT2D eigenvalue weighted by Crippen LogP contribution is 2.33. The first kappa shape index (κ1) is 19.2. The number of carbonyl (C=O) groups is 1. The molecule has 2 atom stereocenters. The molecule has 1 aromatic rings. The van der Waals surface area contributed by atoms with Crippen LogP contribution >= 0.6 is 0 Å². The maximum atomic E-state index is 12.3. The Balaban J connectivity index is 1.66. The Labute approximate surface area is 156 Å². The summed E-state index contributed by atoms with van der Waals surface area (Å²) < 4.78 is 5.43. The average molecular weight is 360 g/mol. The first-order chi connectivity index (χ1) is 12.5. The fraction of sp³-hybridized carbons (Fsp3) is 0.667. The van der Waals surface area contributed by atoms with E-state index >= 15 is 0 Å². The third-order valence-corrected chi connectivity index (χ3v) is 6.25. The van der Waals surface area contributed by atoms with Gasteiger partial charge in [0.15, 0.2) is 0 Å². The summed E-state index contributed by atoms with van der Waals surface area (Å²) in [6, 6.07) is 4.61. The highest BCUT2D eigenvalue weighted by Gasteiger charge is 2.38. The molecule has 1 aromatic carbocycles. The number of piperidine rings is 2. The topological polar surface area (TPSA) is 53.0 Å². The summed E-state index contributed by atoms with van der Waals surface area (Å²) >= 11 is 0. The molecule has 1 amide bonds. The van der Waals surface area contributed by atoms with Crippen molar-refractivity contribution < 1.29 is 14.6 Å². The number of amides is 1. The van der Waals surface area contributed by atoms with Crippen LogP contribution in [0, 0.1) is 19.8 Å². The first-order valence-electron chi connectivity index (χ1n) is 9.81. The van der Waals surface area contributed by atoms with Crippen LogP contribution in [0.25, 0.3) is 0 Å². The highest BCUT2D eigenvalue weighted by molar-refractivity contribution is 5.77. The Bertz CT molecular complexity index is 646. The largest absolute Gasteiger partial charge is 0.496 e. The Morgan fingerprint density at radius 1 is 1.23 bits per heavy atom. The molecule has 1 N–H and O–H groups in total. The number of aliphatic hydroxyl groups excluding tert-OH is 1. The maximum Gasteiger partial charge on any atom is 0.222 e. The molecule has 26 heavy (non-hydrogen) atoms. The molecule has 2 heterocycles. The number of hydrogen-bond donors (Lipinski definition) is 1. The number of nitrogens with zero attached hydrogens (tertiary/aromatic N) is 2. The van der Waals surface area contributed by atoms with Crippen molar-refractivity contribution in [2.75, 3.05) is 33.4 Å². The number of ether oxygens (including phenoxy) is 1. The van der Waals surface area contributed by atoms with Crippen LogP contribution in [-0.4, -0.2) is 60.2 Å². The van der Waals surface area contributed by atoms with E-state index in [1.54, 1.807) is 7.11 Å². The molecule has 2 saturated heterocycles. The number of aliphatic hydroxyl groups is 1. The van der Waals surface area contributed by atoms with Gasteiger partial charge in [-0.15, -0.1) is 0 Å². The van der Waals surface area contributed by atoms with Crippen LogP contribution in [0.3, 0.4) is 0 Å². The lowest BCUT2D eigenvalue weighted by Crippen LogP contribution is -2.56. The molecule has 2 aliphatic rings. The van der Waals surface area contributed by atoms with Gasteiger partial charge in [-0.3, -0.25) is 9.69 Å². The molecule has 2 fully saturated rings. The Hall–Kier alpha value is -1.59. The fourth-order valence-corrected chi connectivity index (χ4v) is 4.59. The maximum absolute atomic E-state index is 12.3. The smallest absolute Gasteiger partial charge is 0.222 e. The van der Waals surface area contributed by atoms with Gasteiger partial charge in [-0.2, -0.15) is 0 Å². The molecule has 0 saturated carbocycles. The van der Waals surface area contributed by atoms with E-state index in [-0.39, 0.29) is 12.5 Å². The average Bonchev–Trinajstić information content (AvgIpc) is 2.65. The molecule has 0 aliphatic carbocycles. The van der Waals surface area contributed by atoms with Gasteiger partial charge in [0.2, 0.25) is 5.91 Å². The van der Waals surface area contributed by atoms with Crippen molar-refractivity contribution in [2.24, 2.45) is 5.92 Å². The molecule has 0 aromatic heterocycles. The van der Waals surface area contributed by atoms with E-state index in [9.17, 15) is 4.79 Å². The van der Waals surface area contributed by atoms with Crippen molar-refractivity contribution in [1.29, 1.82) is 0 Å². The molecule has 0 radical (unpaired) electrons. The Morgan fingerprint density at radius 3 is 2.77 bits per heavy atom. The lowest BCUT2D eigenvalue weighted by molar-refractivity contribution is -0.141. The molecule has 0 bridgehead atoms. The summed E-state index contributed by atoms with van der Waals surface area (Å²) in [5.74, 6) is 1.78. The minimum absolute atomic E-state index is 0.156. The second-order valence-corrected chi connectivity index (χ2v) is 7.73. The van der Waals surface area contributed by atoms with Crippen LogP contribution in [-0.2, 0) is 11.3 Å². The molecule has 5 nitrogen and oxygen atoms in total. The zero-order valence-corrected chi connectivity index (χ0v) is 16.3. The summed E-state index contributed by atoms with van der Waals surface area (Å²) in [6.45, 7) is 8.19.